The Kier molecular flexibility index (Phi) is 2.22. The summed E-state index contributed by atoms with van der Waals surface area (Å²) in [4.78, 5) is 21.9. The second-order valence-corrected chi connectivity index (χ2v) is 4.59. The van der Waals surface area contributed by atoms with Gasteiger partial charge >= 0.3 is 0 Å². The zero-order valence-electron chi connectivity index (χ0n) is 8.81. The smallest absolute Gasteiger partial charge is 0.288 e. The lowest BCUT2D eigenvalue weighted by Crippen LogP contribution is -2.39. The maximum atomic E-state index is 11.6. The van der Waals surface area contributed by atoms with Crippen LogP contribution in [0.1, 0.15) is 11.9 Å². The molecule has 1 atom stereocenters. The molecule has 0 aliphatic carbocycles. The van der Waals surface area contributed by atoms with Crippen molar-refractivity contribution in [3.8, 4) is 0 Å². The van der Waals surface area contributed by atoms with Gasteiger partial charge in [-0.3, -0.25) is 4.79 Å². The number of nitrogens with one attached hydrogen (secondary N) is 1. The van der Waals surface area contributed by atoms with Crippen LogP contribution in [0.5, 0.6) is 0 Å². The normalized spacial score (nSPS) is 25.0. The number of carbonyl (C=O) groups is 1. The van der Waals surface area contributed by atoms with Crippen LogP contribution < -0.4 is 5.32 Å². The molecule has 1 aromatic rings. The van der Waals surface area contributed by atoms with E-state index in [2.05, 4.69) is 15.3 Å². The molecular formula is C9H12N4OS. The second-order valence-electron chi connectivity index (χ2n) is 3.69. The van der Waals surface area contributed by atoms with Crippen LogP contribution in [0.3, 0.4) is 0 Å². The highest BCUT2D eigenvalue weighted by molar-refractivity contribution is 7.09. The molecule has 2 rings (SSSR count). The maximum absolute atomic E-state index is 11.6. The Morgan fingerprint density at radius 3 is 2.73 bits per heavy atom. The lowest BCUT2D eigenvalue weighted by molar-refractivity contribution is -0.115. The van der Waals surface area contributed by atoms with Gasteiger partial charge in [0.1, 0.15) is 5.01 Å². The minimum atomic E-state index is -0.704. The highest BCUT2D eigenvalue weighted by Gasteiger charge is 2.39. The lowest BCUT2D eigenvalue weighted by atomic mass is 10.2. The third-order valence-corrected chi connectivity index (χ3v) is 3.15. The average molecular weight is 224 g/mol. The minimum Gasteiger partial charge on any atom is -0.358 e. The first-order valence-corrected chi connectivity index (χ1v) is 5.40. The van der Waals surface area contributed by atoms with Crippen LogP contribution in [0.15, 0.2) is 16.6 Å². The van der Waals surface area contributed by atoms with E-state index < -0.39 is 5.66 Å². The number of nitrogens with zero attached hydrogens (tertiary/aromatic N) is 3. The van der Waals surface area contributed by atoms with Gasteiger partial charge in [0.25, 0.3) is 5.91 Å². The largest absolute Gasteiger partial charge is 0.358 e. The number of rotatable bonds is 1. The average Bonchev–Trinajstić information content (AvgIpc) is 2.73. The predicted octanol–water partition coefficient (Wildman–Crippen LogP) is 0.406. The summed E-state index contributed by atoms with van der Waals surface area (Å²) in [6, 6.07) is 0. The van der Waals surface area contributed by atoms with Crippen LogP contribution in [0.4, 0.5) is 0 Å². The van der Waals surface area contributed by atoms with Gasteiger partial charge in [-0.05, 0) is 6.92 Å². The van der Waals surface area contributed by atoms with Crippen molar-refractivity contribution in [2.75, 3.05) is 14.1 Å². The number of aliphatic imine (C=N–C) groups is 1. The van der Waals surface area contributed by atoms with Gasteiger partial charge in [0.15, 0.2) is 11.5 Å². The summed E-state index contributed by atoms with van der Waals surface area (Å²) in [5.41, 5.74) is -0.704. The van der Waals surface area contributed by atoms with Crippen molar-refractivity contribution in [2.45, 2.75) is 12.6 Å². The Morgan fingerprint density at radius 2 is 2.27 bits per heavy atom. The Bertz CT molecular complexity index is 412. The number of aromatic nitrogens is 1. The zero-order valence-corrected chi connectivity index (χ0v) is 9.63. The third-order valence-electron chi connectivity index (χ3n) is 2.16. The Labute approximate surface area is 91.8 Å². The van der Waals surface area contributed by atoms with Crippen LogP contribution in [0, 0.1) is 0 Å². The van der Waals surface area contributed by atoms with Gasteiger partial charge in [-0.15, -0.1) is 11.3 Å². The number of hydrogen-bond acceptors (Lipinski definition) is 5. The van der Waals surface area contributed by atoms with Gasteiger partial charge < -0.3 is 10.2 Å². The maximum Gasteiger partial charge on any atom is 0.288 e. The van der Waals surface area contributed by atoms with E-state index in [1.807, 2.05) is 12.3 Å². The SMILES string of the molecule is CN(C)C1=NC(C)(c2nccs2)NC1=O. The van der Waals surface area contributed by atoms with Gasteiger partial charge in [0.05, 0.1) is 0 Å². The second kappa shape index (κ2) is 3.30. The zero-order chi connectivity index (χ0) is 11.1. The van der Waals surface area contributed by atoms with Gasteiger partial charge in [-0.2, -0.15) is 0 Å². The van der Waals surface area contributed by atoms with Crippen molar-refractivity contribution >= 4 is 23.1 Å². The monoisotopic (exact) mass is 224 g/mol. The van der Waals surface area contributed by atoms with E-state index in [0.29, 0.717) is 5.84 Å². The molecule has 5 nitrogen and oxygen atoms in total. The van der Waals surface area contributed by atoms with Crippen molar-refractivity contribution in [1.82, 2.24) is 15.2 Å². The van der Waals surface area contributed by atoms with Crippen LogP contribution in [-0.4, -0.2) is 35.7 Å². The van der Waals surface area contributed by atoms with Gasteiger partial charge in [0.2, 0.25) is 0 Å². The van der Waals surface area contributed by atoms with Crippen molar-refractivity contribution in [3.63, 3.8) is 0 Å². The summed E-state index contributed by atoms with van der Waals surface area (Å²) >= 11 is 1.48. The first-order chi connectivity index (χ1) is 7.03. The molecule has 0 aromatic carbocycles. The molecule has 0 radical (unpaired) electrons. The Morgan fingerprint density at radius 1 is 1.53 bits per heavy atom. The number of thiazole rings is 1. The fourth-order valence-corrected chi connectivity index (χ4v) is 2.13. The highest BCUT2D eigenvalue weighted by atomic mass is 32.1. The summed E-state index contributed by atoms with van der Waals surface area (Å²) in [6.45, 7) is 1.85. The van der Waals surface area contributed by atoms with Crippen LogP contribution in [-0.2, 0) is 10.5 Å². The van der Waals surface area contributed by atoms with Crippen LogP contribution in [0.2, 0.25) is 0 Å². The molecule has 0 saturated carbocycles. The molecule has 15 heavy (non-hydrogen) atoms. The molecule has 0 fully saturated rings. The fourth-order valence-electron chi connectivity index (χ4n) is 1.44. The summed E-state index contributed by atoms with van der Waals surface area (Å²) in [6.07, 6.45) is 1.71. The number of hydrogen-bond donors (Lipinski definition) is 1. The quantitative estimate of drug-likeness (QED) is 0.751. The van der Waals surface area contributed by atoms with Gasteiger partial charge in [0, 0.05) is 25.7 Å². The molecule has 1 N–H and O–H groups in total. The molecule has 2 heterocycles. The van der Waals surface area contributed by atoms with Crippen molar-refractivity contribution in [1.29, 1.82) is 0 Å². The Balaban J connectivity index is 2.38. The highest BCUT2D eigenvalue weighted by Crippen LogP contribution is 2.27. The van der Waals surface area contributed by atoms with E-state index in [-0.39, 0.29) is 5.91 Å². The van der Waals surface area contributed by atoms with Crippen LogP contribution >= 0.6 is 11.3 Å². The number of amidine groups is 1. The molecule has 1 amide bonds. The summed E-state index contributed by atoms with van der Waals surface area (Å²) in [7, 11) is 3.60. The molecule has 1 aromatic heterocycles. The molecule has 0 saturated heterocycles. The topological polar surface area (TPSA) is 57.6 Å². The van der Waals surface area contributed by atoms with E-state index in [0.717, 1.165) is 5.01 Å². The predicted molar refractivity (Wildman–Crippen MR) is 58.7 cm³/mol. The fraction of sp³-hybridized carbons (Fsp3) is 0.444. The number of amides is 1. The lowest BCUT2D eigenvalue weighted by Gasteiger charge is -2.16. The Hall–Kier alpha value is -1.43. The summed E-state index contributed by atoms with van der Waals surface area (Å²) in [5.74, 6) is 0.283. The minimum absolute atomic E-state index is 0.155. The summed E-state index contributed by atoms with van der Waals surface area (Å²) in [5, 5.41) is 5.50. The van der Waals surface area contributed by atoms with E-state index in [4.69, 9.17) is 0 Å². The van der Waals surface area contributed by atoms with Crippen molar-refractivity contribution in [2.24, 2.45) is 4.99 Å². The third kappa shape index (κ3) is 1.61. The number of carbonyl (C=O) groups excluding carboxylic acids is 1. The molecule has 1 unspecified atom stereocenters. The molecule has 1 aliphatic rings. The molecule has 80 valence electrons. The van der Waals surface area contributed by atoms with E-state index >= 15 is 0 Å². The molecular weight excluding hydrogens is 212 g/mol. The van der Waals surface area contributed by atoms with Crippen molar-refractivity contribution < 1.29 is 4.79 Å². The standard InChI is InChI=1S/C9H12N4OS/c1-9(8-10-4-5-15-8)11-6(13(2)3)7(14)12-9/h4-5H,1-3H3,(H,12,14). The van der Waals surface area contributed by atoms with E-state index in [9.17, 15) is 4.79 Å². The molecule has 0 bridgehead atoms. The first kappa shape index (κ1) is 10.1. The van der Waals surface area contributed by atoms with E-state index in [1.54, 1.807) is 25.2 Å². The molecule has 0 spiro atoms. The van der Waals surface area contributed by atoms with Crippen molar-refractivity contribution in [3.05, 3.63) is 16.6 Å². The van der Waals surface area contributed by atoms with Gasteiger partial charge in [-0.25, -0.2) is 9.98 Å². The van der Waals surface area contributed by atoms with Crippen LogP contribution in [0.25, 0.3) is 0 Å². The van der Waals surface area contributed by atoms with Gasteiger partial charge in [-0.1, -0.05) is 0 Å². The first-order valence-electron chi connectivity index (χ1n) is 4.52. The summed E-state index contributed by atoms with van der Waals surface area (Å²) < 4.78 is 0. The van der Waals surface area contributed by atoms with E-state index in [1.165, 1.54) is 11.3 Å². The molecule has 1 aliphatic heterocycles. The molecule has 6 heteroatoms. The number of likely N-dealkylation sites (N-methyl/N-ethyl adjacent to an activating group) is 1.